The van der Waals surface area contributed by atoms with Crippen molar-refractivity contribution in [3.63, 3.8) is 0 Å². The van der Waals surface area contributed by atoms with Crippen molar-refractivity contribution in [2.45, 2.75) is 13.5 Å². The van der Waals surface area contributed by atoms with E-state index >= 15 is 0 Å². The van der Waals surface area contributed by atoms with Crippen LogP contribution in [-0.4, -0.2) is 19.6 Å². The topological polar surface area (TPSA) is 47.6 Å². The van der Waals surface area contributed by atoms with Crippen LogP contribution in [0.5, 0.6) is 11.5 Å². The maximum Gasteiger partial charge on any atom is 0.387 e. The number of aryl methyl sites for hydroxylation is 1. The van der Waals surface area contributed by atoms with Crippen molar-refractivity contribution in [1.29, 1.82) is 0 Å². The Kier molecular flexibility index (Phi) is 4.93. The number of halogens is 2. The zero-order valence-electron chi connectivity index (χ0n) is 12.1. The van der Waals surface area contributed by atoms with E-state index in [1.54, 1.807) is 18.2 Å². The summed E-state index contributed by atoms with van der Waals surface area (Å²) in [5.74, 6) is -0.775. The Labute approximate surface area is 126 Å². The van der Waals surface area contributed by atoms with Gasteiger partial charge in [-0.2, -0.15) is 8.78 Å². The first-order valence-electron chi connectivity index (χ1n) is 6.51. The van der Waals surface area contributed by atoms with E-state index in [4.69, 9.17) is 4.74 Å². The predicted molar refractivity (Wildman–Crippen MR) is 78.8 cm³/mol. The van der Waals surface area contributed by atoms with Gasteiger partial charge in [0, 0.05) is 5.69 Å². The van der Waals surface area contributed by atoms with Crippen molar-refractivity contribution >= 4 is 11.6 Å². The van der Waals surface area contributed by atoms with E-state index < -0.39 is 12.5 Å². The minimum atomic E-state index is -3.05. The van der Waals surface area contributed by atoms with E-state index in [1.165, 1.54) is 25.3 Å². The third kappa shape index (κ3) is 3.72. The second-order valence-corrected chi connectivity index (χ2v) is 4.54. The lowest BCUT2D eigenvalue weighted by molar-refractivity contribution is -0.0515. The molecule has 0 saturated heterocycles. The summed E-state index contributed by atoms with van der Waals surface area (Å²) in [4.78, 5) is 12.3. The predicted octanol–water partition coefficient (Wildman–Crippen LogP) is 3.86. The Bertz CT molecular complexity index is 674. The van der Waals surface area contributed by atoms with Gasteiger partial charge in [0.15, 0.2) is 11.5 Å². The third-order valence-electron chi connectivity index (χ3n) is 2.93. The molecule has 4 nitrogen and oxygen atoms in total. The molecular formula is C16H15F2NO3. The number of ether oxygens (including phenoxy) is 2. The van der Waals surface area contributed by atoms with Gasteiger partial charge < -0.3 is 14.8 Å². The molecule has 0 spiro atoms. The number of nitrogens with one attached hydrogen (secondary N) is 1. The van der Waals surface area contributed by atoms with Crippen LogP contribution in [0.2, 0.25) is 0 Å². The highest BCUT2D eigenvalue weighted by Gasteiger charge is 2.20. The van der Waals surface area contributed by atoms with Gasteiger partial charge in [-0.15, -0.1) is 0 Å². The molecule has 0 aromatic heterocycles. The fraction of sp³-hybridized carbons (Fsp3) is 0.188. The van der Waals surface area contributed by atoms with Gasteiger partial charge in [0.1, 0.15) is 0 Å². The number of anilines is 1. The molecule has 0 atom stereocenters. The summed E-state index contributed by atoms with van der Waals surface area (Å²) in [5, 5.41) is 2.64. The molecule has 1 N–H and O–H groups in total. The molecule has 2 rings (SSSR count). The molecule has 0 saturated carbocycles. The third-order valence-corrected chi connectivity index (χ3v) is 2.93. The summed E-state index contributed by atoms with van der Waals surface area (Å²) in [6.07, 6.45) is 0. The summed E-state index contributed by atoms with van der Waals surface area (Å²) in [6.45, 7) is -1.17. The zero-order valence-corrected chi connectivity index (χ0v) is 12.1. The Morgan fingerprint density at radius 1 is 1.18 bits per heavy atom. The van der Waals surface area contributed by atoms with Crippen LogP contribution in [0, 0.1) is 6.92 Å². The second-order valence-electron chi connectivity index (χ2n) is 4.54. The minimum Gasteiger partial charge on any atom is -0.493 e. The molecule has 0 fully saturated rings. The van der Waals surface area contributed by atoms with Gasteiger partial charge in [-0.25, -0.2) is 0 Å². The first-order valence-corrected chi connectivity index (χ1v) is 6.51. The van der Waals surface area contributed by atoms with Crippen LogP contribution < -0.4 is 14.8 Å². The van der Waals surface area contributed by atoms with E-state index in [-0.39, 0.29) is 17.1 Å². The molecular weight excluding hydrogens is 292 g/mol. The number of amides is 1. The SMILES string of the molecule is COc1cccc(C(=O)Nc2cccc(C)c2)c1OC(F)F. The van der Waals surface area contributed by atoms with E-state index in [0.717, 1.165) is 5.56 Å². The fourth-order valence-electron chi connectivity index (χ4n) is 1.99. The van der Waals surface area contributed by atoms with Gasteiger partial charge in [-0.1, -0.05) is 18.2 Å². The molecule has 1 amide bonds. The first-order chi connectivity index (χ1) is 10.5. The number of alkyl halides is 2. The highest BCUT2D eigenvalue weighted by atomic mass is 19.3. The highest BCUT2D eigenvalue weighted by molar-refractivity contribution is 6.06. The standard InChI is InChI=1S/C16H15F2NO3/c1-10-5-3-6-11(9-10)19-15(20)12-7-4-8-13(21-2)14(12)22-16(17)18/h3-9,16H,1-2H3,(H,19,20). The number of carbonyl (C=O) groups is 1. The molecule has 0 aliphatic rings. The van der Waals surface area contributed by atoms with E-state index in [0.29, 0.717) is 5.69 Å². The van der Waals surface area contributed by atoms with E-state index in [9.17, 15) is 13.6 Å². The van der Waals surface area contributed by atoms with Crippen molar-refractivity contribution in [1.82, 2.24) is 0 Å². The van der Waals surface area contributed by atoms with Crippen LogP contribution in [-0.2, 0) is 0 Å². The maximum absolute atomic E-state index is 12.6. The molecule has 2 aromatic rings. The first kappa shape index (κ1) is 15.8. The van der Waals surface area contributed by atoms with Gasteiger partial charge in [0.25, 0.3) is 5.91 Å². The summed E-state index contributed by atoms with van der Waals surface area (Å²) in [7, 11) is 1.32. The van der Waals surface area contributed by atoms with Crippen molar-refractivity contribution in [2.24, 2.45) is 0 Å². The number of hydrogen-bond acceptors (Lipinski definition) is 3. The van der Waals surface area contributed by atoms with Crippen LogP contribution in [0.25, 0.3) is 0 Å². The summed E-state index contributed by atoms with van der Waals surface area (Å²) >= 11 is 0. The number of rotatable bonds is 5. The highest BCUT2D eigenvalue weighted by Crippen LogP contribution is 2.33. The molecule has 0 aliphatic heterocycles. The Hall–Kier alpha value is -2.63. The smallest absolute Gasteiger partial charge is 0.387 e. The number of methoxy groups -OCH3 is 1. The minimum absolute atomic E-state index is 0.0267. The van der Waals surface area contributed by atoms with E-state index in [1.807, 2.05) is 13.0 Å². The van der Waals surface area contributed by atoms with Crippen LogP contribution in [0.15, 0.2) is 42.5 Å². The van der Waals surface area contributed by atoms with Gasteiger partial charge in [0.05, 0.1) is 12.7 Å². The van der Waals surface area contributed by atoms with Crippen LogP contribution in [0.3, 0.4) is 0 Å². The fourth-order valence-corrected chi connectivity index (χ4v) is 1.99. The van der Waals surface area contributed by atoms with Crippen molar-refractivity contribution < 1.29 is 23.0 Å². The lowest BCUT2D eigenvalue weighted by Crippen LogP contribution is -2.15. The molecule has 116 valence electrons. The maximum atomic E-state index is 12.6. The molecule has 2 aromatic carbocycles. The normalized spacial score (nSPS) is 10.4. The Morgan fingerprint density at radius 3 is 2.55 bits per heavy atom. The van der Waals surface area contributed by atoms with Gasteiger partial charge >= 0.3 is 6.61 Å². The molecule has 0 heterocycles. The number of para-hydroxylation sites is 1. The van der Waals surface area contributed by atoms with Crippen LogP contribution in [0.4, 0.5) is 14.5 Å². The number of carbonyl (C=O) groups excluding carboxylic acids is 1. The molecule has 6 heteroatoms. The average Bonchev–Trinajstić information content (AvgIpc) is 2.46. The van der Waals surface area contributed by atoms with Crippen LogP contribution >= 0.6 is 0 Å². The lowest BCUT2D eigenvalue weighted by atomic mass is 10.1. The number of hydrogen-bond donors (Lipinski definition) is 1. The Balaban J connectivity index is 2.32. The molecule has 0 aliphatic carbocycles. The summed E-state index contributed by atoms with van der Waals surface area (Å²) < 4.78 is 34.5. The quantitative estimate of drug-likeness (QED) is 0.912. The largest absolute Gasteiger partial charge is 0.493 e. The second kappa shape index (κ2) is 6.89. The van der Waals surface area contributed by atoms with Gasteiger partial charge in [-0.3, -0.25) is 4.79 Å². The van der Waals surface area contributed by atoms with Gasteiger partial charge in [0.2, 0.25) is 0 Å². The molecule has 22 heavy (non-hydrogen) atoms. The molecule has 0 bridgehead atoms. The molecule has 0 radical (unpaired) electrons. The Morgan fingerprint density at radius 2 is 1.91 bits per heavy atom. The number of benzene rings is 2. The average molecular weight is 307 g/mol. The van der Waals surface area contributed by atoms with E-state index in [2.05, 4.69) is 10.1 Å². The summed E-state index contributed by atoms with van der Waals surface area (Å²) in [6, 6.07) is 11.5. The lowest BCUT2D eigenvalue weighted by Gasteiger charge is -2.14. The summed E-state index contributed by atoms with van der Waals surface area (Å²) in [5.41, 5.74) is 1.50. The zero-order chi connectivity index (χ0) is 16.1. The van der Waals surface area contributed by atoms with Crippen molar-refractivity contribution in [2.75, 3.05) is 12.4 Å². The monoisotopic (exact) mass is 307 g/mol. The van der Waals surface area contributed by atoms with Crippen molar-refractivity contribution in [3.8, 4) is 11.5 Å². The van der Waals surface area contributed by atoms with Crippen molar-refractivity contribution in [3.05, 3.63) is 53.6 Å². The van der Waals surface area contributed by atoms with Crippen LogP contribution in [0.1, 0.15) is 15.9 Å². The molecule has 0 unspecified atom stereocenters. The van der Waals surface area contributed by atoms with Gasteiger partial charge in [-0.05, 0) is 36.8 Å².